The van der Waals surface area contributed by atoms with Gasteiger partial charge in [0.1, 0.15) is 0 Å². The number of rotatable bonds is 6. The van der Waals surface area contributed by atoms with E-state index in [-0.39, 0.29) is 17.7 Å². The summed E-state index contributed by atoms with van der Waals surface area (Å²) in [5, 5.41) is 12.0. The molecule has 2 amide bonds. The average Bonchev–Trinajstić information content (AvgIpc) is 2.74. The molecule has 0 unspecified atom stereocenters. The molecule has 0 saturated carbocycles. The Labute approximate surface area is 164 Å². The van der Waals surface area contributed by atoms with E-state index in [4.69, 9.17) is 11.0 Å². The molecule has 0 aromatic heterocycles. The summed E-state index contributed by atoms with van der Waals surface area (Å²) in [6.45, 7) is 2.79. The van der Waals surface area contributed by atoms with Gasteiger partial charge < -0.3 is 16.0 Å². The average molecular weight is 376 g/mol. The number of nitrogens with zero attached hydrogens (tertiary/aromatic N) is 2. The summed E-state index contributed by atoms with van der Waals surface area (Å²) in [6, 6.07) is 16.8. The van der Waals surface area contributed by atoms with Crippen molar-refractivity contribution in [1.29, 1.82) is 5.26 Å². The summed E-state index contributed by atoms with van der Waals surface area (Å²) in [4.78, 5) is 26.0. The van der Waals surface area contributed by atoms with Gasteiger partial charge in [-0.3, -0.25) is 9.59 Å². The molecule has 1 aliphatic rings. The van der Waals surface area contributed by atoms with Crippen LogP contribution in [0.3, 0.4) is 0 Å². The first-order chi connectivity index (χ1) is 13.6. The number of nitriles is 1. The Morgan fingerprint density at radius 1 is 1.18 bits per heavy atom. The number of nitrogens with one attached hydrogen (secondary N) is 1. The number of nitrogens with two attached hydrogens (primary N) is 1. The van der Waals surface area contributed by atoms with Gasteiger partial charge in [-0.25, -0.2) is 0 Å². The molecular formula is C22H24N4O2. The summed E-state index contributed by atoms with van der Waals surface area (Å²) in [5.74, 6) is -0.474. The van der Waals surface area contributed by atoms with Gasteiger partial charge >= 0.3 is 0 Å². The lowest BCUT2D eigenvalue weighted by Crippen LogP contribution is -2.44. The fraction of sp³-hybridized carbons (Fsp3) is 0.318. The second kappa shape index (κ2) is 9.16. The zero-order valence-corrected chi connectivity index (χ0v) is 15.7. The molecule has 0 bridgehead atoms. The van der Waals surface area contributed by atoms with E-state index in [1.807, 2.05) is 36.4 Å². The van der Waals surface area contributed by atoms with Crippen LogP contribution in [0.2, 0.25) is 0 Å². The normalized spacial score (nSPS) is 16.9. The highest BCUT2D eigenvalue weighted by Gasteiger charge is 2.23. The van der Waals surface area contributed by atoms with Crippen molar-refractivity contribution in [3.8, 4) is 17.2 Å². The first kappa shape index (κ1) is 19.6. The highest BCUT2D eigenvalue weighted by atomic mass is 16.2. The largest absolute Gasteiger partial charge is 0.369 e. The number of carbonyl (C=O) groups is 2. The third-order valence-electron chi connectivity index (χ3n) is 5.07. The minimum atomic E-state index is -0.244. The quantitative estimate of drug-likeness (QED) is 0.807. The van der Waals surface area contributed by atoms with Crippen molar-refractivity contribution in [1.82, 2.24) is 10.2 Å². The van der Waals surface area contributed by atoms with E-state index in [9.17, 15) is 9.59 Å². The van der Waals surface area contributed by atoms with E-state index in [2.05, 4.69) is 16.3 Å². The lowest BCUT2D eigenvalue weighted by molar-refractivity contribution is -0.123. The first-order valence-corrected chi connectivity index (χ1v) is 9.47. The molecule has 1 aliphatic heterocycles. The number of carbonyl (C=O) groups excluding carboxylic acids is 2. The molecule has 6 heteroatoms. The minimum absolute atomic E-state index is 0.0923. The monoisotopic (exact) mass is 376 g/mol. The van der Waals surface area contributed by atoms with Crippen LogP contribution in [0.4, 0.5) is 0 Å². The van der Waals surface area contributed by atoms with Crippen LogP contribution in [0.15, 0.2) is 48.5 Å². The van der Waals surface area contributed by atoms with Crippen LogP contribution in [0, 0.1) is 17.2 Å². The van der Waals surface area contributed by atoms with Gasteiger partial charge in [0.2, 0.25) is 5.91 Å². The summed E-state index contributed by atoms with van der Waals surface area (Å²) >= 11 is 0. The predicted molar refractivity (Wildman–Crippen MR) is 107 cm³/mol. The molecule has 6 nitrogen and oxygen atoms in total. The van der Waals surface area contributed by atoms with Crippen LogP contribution in [0.25, 0.3) is 11.1 Å². The topological polar surface area (TPSA) is 99.2 Å². The Hall–Kier alpha value is -3.17. The molecule has 28 heavy (non-hydrogen) atoms. The minimum Gasteiger partial charge on any atom is -0.369 e. The number of hydrogen-bond donors (Lipinski definition) is 2. The van der Waals surface area contributed by atoms with Gasteiger partial charge in [0.15, 0.2) is 0 Å². The van der Waals surface area contributed by atoms with Crippen molar-refractivity contribution in [2.45, 2.75) is 12.8 Å². The van der Waals surface area contributed by atoms with E-state index in [0.717, 1.165) is 30.5 Å². The number of primary amides is 1. The second-order valence-corrected chi connectivity index (χ2v) is 7.07. The maximum Gasteiger partial charge on any atom is 0.251 e. The molecule has 1 fully saturated rings. The van der Waals surface area contributed by atoms with E-state index < -0.39 is 0 Å². The number of hydrogen-bond acceptors (Lipinski definition) is 4. The van der Waals surface area contributed by atoms with E-state index >= 15 is 0 Å². The second-order valence-electron chi connectivity index (χ2n) is 7.07. The summed E-state index contributed by atoms with van der Waals surface area (Å²) < 4.78 is 0. The SMILES string of the molecule is N#Cc1cccc(-c2cccc(C(=O)NCCN3CCC[C@H](C(N)=O)C3)c2)c1. The summed E-state index contributed by atoms with van der Waals surface area (Å²) in [6.07, 6.45) is 1.79. The van der Waals surface area contributed by atoms with Crippen LogP contribution in [0.1, 0.15) is 28.8 Å². The van der Waals surface area contributed by atoms with Gasteiger partial charge in [0.25, 0.3) is 5.91 Å². The summed E-state index contributed by atoms with van der Waals surface area (Å²) in [5.41, 5.74) is 8.37. The third kappa shape index (κ3) is 4.96. The van der Waals surface area contributed by atoms with E-state index in [1.165, 1.54) is 0 Å². The van der Waals surface area contributed by atoms with Gasteiger partial charge in [0.05, 0.1) is 17.6 Å². The van der Waals surface area contributed by atoms with Gasteiger partial charge in [-0.1, -0.05) is 24.3 Å². The predicted octanol–water partition coefficient (Wildman–Crippen LogP) is 2.15. The smallest absolute Gasteiger partial charge is 0.251 e. The lowest BCUT2D eigenvalue weighted by Gasteiger charge is -2.31. The van der Waals surface area contributed by atoms with Gasteiger partial charge in [-0.05, 0) is 54.8 Å². The molecule has 1 atom stereocenters. The number of amides is 2. The first-order valence-electron chi connectivity index (χ1n) is 9.47. The number of likely N-dealkylation sites (tertiary alicyclic amines) is 1. The fourth-order valence-electron chi connectivity index (χ4n) is 3.53. The Kier molecular flexibility index (Phi) is 6.41. The van der Waals surface area contributed by atoms with Crippen LogP contribution in [0.5, 0.6) is 0 Å². The molecule has 0 radical (unpaired) electrons. The molecular weight excluding hydrogens is 352 g/mol. The van der Waals surface area contributed by atoms with Crippen LogP contribution < -0.4 is 11.1 Å². The molecule has 2 aromatic rings. The standard InChI is InChI=1S/C22H24N4O2/c23-14-16-4-1-5-17(12-16)18-6-2-7-19(13-18)22(28)25-9-11-26-10-3-8-20(15-26)21(24)27/h1-2,4-7,12-13,20H,3,8-11,15H2,(H2,24,27)(H,25,28)/t20-/m0/s1. The van der Waals surface area contributed by atoms with E-state index in [1.54, 1.807) is 12.1 Å². The third-order valence-corrected chi connectivity index (χ3v) is 5.07. The Balaban J connectivity index is 1.58. The molecule has 3 N–H and O–H groups in total. The van der Waals surface area contributed by atoms with Gasteiger partial charge in [-0.15, -0.1) is 0 Å². The van der Waals surface area contributed by atoms with Gasteiger partial charge in [-0.2, -0.15) is 5.26 Å². The maximum absolute atomic E-state index is 12.5. The maximum atomic E-state index is 12.5. The Morgan fingerprint density at radius 2 is 1.93 bits per heavy atom. The van der Waals surface area contributed by atoms with Crippen molar-refractivity contribution in [3.05, 3.63) is 59.7 Å². The zero-order chi connectivity index (χ0) is 19.9. The van der Waals surface area contributed by atoms with Crippen molar-refractivity contribution >= 4 is 11.8 Å². The summed E-state index contributed by atoms with van der Waals surface area (Å²) in [7, 11) is 0. The Bertz CT molecular complexity index is 903. The number of piperidine rings is 1. The lowest BCUT2D eigenvalue weighted by atomic mass is 9.97. The Morgan fingerprint density at radius 3 is 2.68 bits per heavy atom. The molecule has 1 saturated heterocycles. The van der Waals surface area contributed by atoms with Crippen molar-refractivity contribution in [2.75, 3.05) is 26.2 Å². The van der Waals surface area contributed by atoms with Crippen LogP contribution in [-0.2, 0) is 4.79 Å². The number of benzene rings is 2. The van der Waals surface area contributed by atoms with Crippen LogP contribution in [-0.4, -0.2) is 42.9 Å². The van der Waals surface area contributed by atoms with Crippen molar-refractivity contribution in [2.24, 2.45) is 11.7 Å². The molecule has 0 spiro atoms. The molecule has 144 valence electrons. The molecule has 2 aromatic carbocycles. The van der Waals surface area contributed by atoms with E-state index in [0.29, 0.717) is 30.8 Å². The van der Waals surface area contributed by atoms with Gasteiger partial charge in [0, 0.05) is 25.2 Å². The zero-order valence-electron chi connectivity index (χ0n) is 15.7. The highest BCUT2D eigenvalue weighted by molar-refractivity contribution is 5.95. The van der Waals surface area contributed by atoms with Crippen molar-refractivity contribution < 1.29 is 9.59 Å². The highest BCUT2D eigenvalue weighted by Crippen LogP contribution is 2.21. The molecule has 3 rings (SSSR count). The fourth-order valence-corrected chi connectivity index (χ4v) is 3.53. The molecule has 1 heterocycles. The molecule has 0 aliphatic carbocycles. The van der Waals surface area contributed by atoms with Crippen LogP contribution >= 0.6 is 0 Å². The van der Waals surface area contributed by atoms with Crippen molar-refractivity contribution in [3.63, 3.8) is 0 Å².